The molecule has 2 N–H and O–H groups in total. The first-order valence-corrected chi connectivity index (χ1v) is 8.75. The third kappa shape index (κ3) is 3.54. The topological polar surface area (TPSA) is 91.9 Å². The summed E-state index contributed by atoms with van der Waals surface area (Å²) < 4.78 is 63.9. The van der Waals surface area contributed by atoms with Crippen molar-refractivity contribution in [3.63, 3.8) is 0 Å². The van der Waals surface area contributed by atoms with Crippen molar-refractivity contribution in [3.05, 3.63) is 59.4 Å². The van der Waals surface area contributed by atoms with E-state index in [0.717, 1.165) is 12.1 Å². The van der Waals surface area contributed by atoms with E-state index in [1.807, 2.05) is 4.72 Å². The van der Waals surface area contributed by atoms with Crippen LogP contribution in [0.3, 0.4) is 0 Å². The molecule has 3 aromatic rings. The van der Waals surface area contributed by atoms with Crippen molar-refractivity contribution in [3.8, 4) is 0 Å². The second-order valence-corrected chi connectivity index (χ2v) is 7.19. The molecule has 0 atom stereocenters. The van der Waals surface area contributed by atoms with Gasteiger partial charge in [-0.1, -0.05) is 0 Å². The molecule has 0 spiro atoms. The number of fused-ring (bicyclic) bond motifs is 1. The summed E-state index contributed by atoms with van der Waals surface area (Å²) in [4.78, 5) is 18.8. The van der Waals surface area contributed by atoms with Crippen molar-refractivity contribution in [2.75, 3.05) is 0 Å². The highest BCUT2D eigenvalue weighted by molar-refractivity contribution is 7.90. The molecule has 1 aromatic heterocycles. The first kappa shape index (κ1) is 17.9. The Morgan fingerprint density at radius 3 is 2.38 bits per heavy atom. The number of halogens is 3. The van der Waals surface area contributed by atoms with Gasteiger partial charge in [-0.15, -0.1) is 0 Å². The molecule has 2 aromatic carbocycles. The van der Waals surface area contributed by atoms with E-state index >= 15 is 0 Å². The van der Waals surface area contributed by atoms with E-state index in [4.69, 9.17) is 0 Å². The number of imidazole rings is 1. The molecule has 0 radical (unpaired) electrons. The fraction of sp³-hybridized carbons (Fsp3) is 0.125. The van der Waals surface area contributed by atoms with Crippen LogP contribution in [-0.2, 0) is 16.2 Å². The molecule has 0 bridgehead atoms. The van der Waals surface area contributed by atoms with Gasteiger partial charge in [0.25, 0.3) is 15.9 Å². The number of sulfonamides is 1. The van der Waals surface area contributed by atoms with Crippen LogP contribution < -0.4 is 4.72 Å². The molecule has 10 heteroatoms. The van der Waals surface area contributed by atoms with E-state index in [2.05, 4.69) is 9.97 Å². The largest absolute Gasteiger partial charge is 0.416 e. The maximum Gasteiger partial charge on any atom is 0.416 e. The Hall–Kier alpha value is -2.88. The fourth-order valence-electron chi connectivity index (χ4n) is 2.34. The number of aromatic nitrogens is 2. The number of carbonyl (C=O) groups excluding carboxylic acids is 1. The van der Waals surface area contributed by atoms with Crippen molar-refractivity contribution in [1.82, 2.24) is 14.7 Å². The summed E-state index contributed by atoms with van der Waals surface area (Å²) in [5.41, 5.74) is 0.256. The van der Waals surface area contributed by atoms with Gasteiger partial charge in [-0.3, -0.25) is 4.79 Å². The molecule has 1 amide bonds. The first-order chi connectivity index (χ1) is 12.1. The molecule has 0 aliphatic heterocycles. The van der Waals surface area contributed by atoms with Crippen LogP contribution in [0.1, 0.15) is 21.7 Å². The van der Waals surface area contributed by atoms with Crippen molar-refractivity contribution >= 4 is 27.0 Å². The van der Waals surface area contributed by atoms with Crippen LogP contribution in [0, 0.1) is 6.92 Å². The van der Waals surface area contributed by atoms with Gasteiger partial charge in [0, 0.05) is 5.56 Å². The van der Waals surface area contributed by atoms with E-state index in [9.17, 15) is 26.4 Å². The number of amides is 1. The monoisotopic (exact) mass is 383 g/mol. The molecule has 136 valence electrons. The van der Waals surface area contributed by atoms with E-state index < -0.39 is 32.6 Å². The molecular formula is C16H12F3N3O3S. The molecule has 1 heterocycles. The summed E-state index contributed by atoms with van der Waals surface area (Å²) >= 11 is 0. The highest BCUT2D eigenvalue weighted by atomic mass is 32.2. The van der Waals surface area contributed by atoms with E-state index in [1.54, 1.807) is 13.0 Å². The Bertz CT molecular complexity index is 1090. The Morgan fingerprint density at radius 1 is 1.12 bits per heavy atom. The van der Waals surface area contributed by atoms with Crippen LogP contribution in [0.5, 0.6) is 0 Å². The van der Waals surface area contributed by atoms with Crippen molar-refractivity contribution < 1.29 is 26.4 Å². The minimum atomic E-state index is -4.58. The smallest absolute Gasteiger partial charge is 0.342 e. The lowest BCUT2D eigenvalue weighted by Gasteiger charge is -2.09. The van der Waals surface area contributed by atoms with Gasteiger partial charge in [0.2, 0.25) is 0 Å². The summed E-state index contributed by atoms with van der Waals surface area (Å²) in [5.74, 6) is -0.269. The zero-order valence-corrected chi connectivity index (χ0v) is 14.1. The zero-order chi connectivity index (χ0) is 19.1. The first-order valence-electron chi connectivity index (χ1n) is 7.27. The second kappa shape index (κ2) is 6.13. The van der Waals surface area contributed by atoms with Gasteiger partial charge in [-0.25, -0.2) is 18.1 Å². The molecule has 0 aliphatic rings. The van der Waals surface area contributed by atoms with Gasteiger partial charge < -0.3 is 4.98 Å². The number of alkyl halides is 3. The minimum absolute atomic E-state index is 0.0663. The summed E-state index contributed by atoms with van der Waals surface area (Å²) in [6.45, 7) is 1.73. The molecular weight excluding hydrogens is 371 g/mol. The van der Waals surface area contributed by atoms with Gasteiger partial charge in [0.1, 0.15) is 5.82 Å². The summed E-state index contributed by atoms with van der Waals surface area (Å²) in [6.07, 6.45) is -4.58. The number of aryl methyl sites for hydroxylation is 1. The van der Waals surface area contributed by atoms with Gasteiger partial charge >= 0.3 is 6.18 Å². The van der Waals surface area contributed by atoms with E-state index in [0.29, 0.717) is 29.0 Å². The zero-order valence-electron chi connectivity index (χ0n) is 13.3. The number of nitrogens with zero attached hydrogens (tertiary/aromatic N) is 1. The lowest BCUT2D eigenvalue weighted by Crippen LogP contribution is -2.30. The maximum atomic E-state index is 12.5. The quantitative estimate of drug-likeness (QED) is 0.727. The number of rotatable bonds is 3. The molecule has 0 saturated heterocycles. The molecule has 0 unspecified atom stereocenters. The summed E-state index contributed by atoms with van der Waals surface area (Å²) in [5, 5.41) is 0. The van der Waals surface area contributed by atoms with Crippen LogP contribution in [-0.4, -0.2) is 24.3 Å². The normalized spacial score (nSPS) is 12.3. The second-order valence-electron chi connectivity index (χ2n) is 5.51. The molecule has 3 rings (SSSR count). The number of H-pyrrole nitrogens is 1. The molecule has 0 saturated carbocycles. The van der Waals surface area contributed by atoms with Crippen molar-refractivity contribution in [2.24, 2.45) is 0 Å². The molecule has 0 aliphatic carbocycles. The summed E-state index contributed by atoms with van der Waals surface area (Å²) in [6, 6.07) is 7.25. The lowest BCUT2D eigenvalue weighted by atomic mass is 10.2. The number of carbonyl (C=O) groups is 1. The number of hydrogen-bond acceptors (Lipinski definition) is 4. The predicted molar refractivity (Wildman–Crippen MR) is 86.9 cm³/mol. The van der Waals surface area contributed by atoms with Gasteiger partial charge in [0.15, 0.2) is 0 Å². The van der Waals surface area contributed by atoms with Crippen molar-refractivity contribution in [2.45, 2.75) is 18.0 Å². The average Bonchev–Trinajstić information content (AvgIpc) is 2.92. The van der Waals surface area contributed by atoms with Crippen LogP contribution in [0.2, 0.25) is 0 Å². The Labute approximate surface area is 146 Å². The fourth-order valence-corrected chi connectivity index (χ4v) is 3.32. The minimum Gasteiger partial charge on any atom is -0.342 e. The van der Waals surface area contributed by atoms with Crippen LogP contribution in [0.25, 0.3) is 11.0 Å². The third-order valence-electron chi connectivity index (χ3n) is 3.58. The van der Waals surface area contributed by atoms with Gasteiger partial charge in [-0.2, -0.15) is 13.2 Å². The average molecular weight is 383 g/mol. The maximum absolute atomic E-state index is 12.5. The van der Waals surface area contributed by atoms with Crippen LogP contribution in [0.15, 0.2) is 47.4 Å². The number of aromatic amines is 1. The highest BCUT2D eigenvalue weighted by Gasteiger charge is 2.30. The Kier molecular flexibility index (Phi) is 4.23. The highest BCUT2D eigenvalue weighted by Crippen LogP contribution is 2.29. The van der Waals surface area contributed by atoms with Crippen molar-refractivity contribution in [1.29, 1.82) is 0 Å². The third-order valence-corrected chi connectivity index (χ3v) is 4.93. The van der Waals surface area contributed by atoms with E-state index in [-0.39, 0.29) is 5.56 Å². The Morgan fingerprint density at radius 2 is 1.77 bits per heavy atom. The number of nitrogens with one attached hydrogen (secondary N) is 2. The molecule has 26 heavy (non-hydrogen) atoms. The number of benzene rings is 2. The lowest BCUT2D eigenvalue weighted by molar-refractivity contribution is -0.137. The summed E-state index contributed by atoms with van der Waals surface area (Å²) in [7, 11) is -4.31. The van der Waals surface area contributed by atoms with Crippen LogP contribution >= 0.6 is 0 Å². The molecule has 0 fully saturated rings. The standard InChI is InChI=1S/C16H12F3N3O3S/c1-9-20-13-7-2-10(8-14(13)21-9)15(23)22-26(24,25)12-5-3-11(4-6-12)16(17,18)19/h2-8H,1H3,(H,20,21)(H,22,23). The van der Waals surface area contributed by atoms with Gasteiger partial charge in [-0.05, 0) is 49.4 Å². The Balaban J connectivity index is 1.84. The van der Waals surface area contributed by atoms with Gasteiger partial charge in [0.05, 0.1) is 21.5 Å². The number of hydrogen-bond donors (Lipinski definition) is 2. The molecule has 6 nitrogen and oxygen atoms in total. The van der Waals surface area contributed by atoms with Crippen LogP contribution in [0.4, 0.5) is 13.2 Å². The predicted octanol–water partition coefficient (Wildman–Crippen LogP) is 3.01. The van der Waals surface area contributed by atoms with E-state index in [1.165, 1.54) is 12.1 Å². The SMILES string of the molecule is Cc1nc2ccc(C(=O)NS(=O)(=O)c3ccc(C(F)(F)F)cc3)cc2[nH]1.